The van der Waals surface area contributed by atoms with Crippen LogP contribution in [0.15, 0.2) is 0 Å². The van der Waals surface area contributed by atoms with E-state index in [4.69, 9.17) is 0 Å². The summed E-state index contributed by atoms with van der Waals surface area (Å²) >= 11 is 0. The van der Waals surface area contributed by atoms with Crippen LogP contribution in [0.5, 0.6) is 0 Å². The van der Waals surface area contributed by atoms with E-state index in [0.29, 0.717) is 0 Å². The van der Waals surface area contributed by atoms with E-state index in [1.54, 1.807) is 0 Å². The molecule has 0 fully saturated rings. The van der Waals surface area contributed by atoms with Crippen LogP contribution in [0.4, 0.5) is 0 Å². The highest BCUT2D eigenvalue weighted by molar-refractivity contribution is 5.08. The van der Waals surface area contributed by atoms with Gasteiger partial charge in [0.1, 0.15) is 0 Å². The first-order valence-electron chi connectivity index (χ1n) is 5.30. The molecule has 0 aliphatic rings. The number of aliphatic hydroxyl groups excluding tert-OH is 1. The van der Waals surface area contributed by atoms with Crippen molar-refractivity contribution in [1.82, 2.24) is 0 Å². The van der Waals surface area contributed by atoms with Crippen molar-refractivity contribution in [3.8, 4) is 11.8 Å². The molecule has 0 aromatic heterocycles. The lowest BCUT2D eigenvalue weighted by Gasteiger charge is -2.23. The maximum absolute atomic E-state index is 9.30. The van der Waals surface area contributed by atoms with Gasteiger partial charge in [-0.25, -0.2) is 0 Å². The molecular weight excluding hydrogens is 172 g/mol. The highest BCUT2D eigenvalue weighted by atomic mass is 16.3. The summed E-state index contributed by atoms with van der Waals surface area (Å²) in [5.74, 6) is 6.43. The molecule has 0 aliphatic carbocycles. The number of aliphatic hydroxyl groups is 1. The minimum atomic E-state index is -0.235. The zero-order valence-electron chi connectivity index (χ0n) is 10.4. The van der Waals surface area contributed by atoms with E-state index < -0.39 is 0 Å². The first-order chi connectivity index (χ1) is 6.12. The number of hydrogen-bond acceptors (Lipinski definition) is 1. The van der Waals surface area contributed by atoms with Crippen molar-refractivity contribution >= 4 is 0 Å². The summed E-state index contributed by atoms with van der Waals surface area (Å²) in [4.78, 5) is 0. The molecule has 0 saturated heterocycles. The van der Waals surface area contributed by atoms with Crippen molar-refractivity contribution in [2.75, 3.05) is 0 Å². The Bertz CT molecular complexity index is 220. The van der Waals surface area contributed by atoms with E-state index >= 15 is 0 Å². The summed E-state index contributed by atoms with van der Waals surface area (Å²) in [6.07, 6.45) is 1.43. The van der Waals surface area contributed by atoms with Crippen LogP contribution in [-0.4, -0.2) is 11.2 Å². The van der Waals surface area contributed by atoms with E-state index in [1.165, 1.54) is 0 Å². The molecule has 0 amide bonds. The lowest BCUT2D eigenvalue weighted by Crippen LogP contribution is -2.17. The van der Waals surface area contributed by atoms with Crippen LogP contribution in [0.2, 0.25) is 0 Å². The SMILES string of the molecule is CC(O)CC(C)(C)CC#CC(C)(C)C. The van der Waals surface area contributed by atoms with Crippen molar-refractivity contribution in [2.45, 2.75) is 60.5 Å². The molecule has 0 radical (unpaired) electrons. The molecule has 0 rings (SSSR count). The average Bonchev–Trinajstić information content (AvgIpc) is 1.78. The molecule has 0 aromatic rings. The second-order valence-corrected chi connectivity index (χ2v) is 5.95. The van der Waals surface area contributed by atoms with Gasteiger partial charge in [0, 0.05) is 11.8 Å². The van der Waals surface area contributed by atoms with Gasteiger partial charge in [-0.1, -0.05) is 19.8 Å². The van der Waals surface area contributed by atoms with Gasteiger partial charge >= 0.3 is 0 Å². The molecule has 82 valence electrons. The molecule has 0 aromatic carbocycles. The molecule has 1 atom stereocenters. The highest BCUT2D eigenvalue weighted by Crippen LogP contribution is 2.26. The van der Waals surface area contributed by atoms with Crippen LogP contribution in [0.3, 0.4) is 0 Å². The Morgan fingerprint density at radius 3 is 2.00 bits per heavy atom. The van der Waals surface area contributed by atoms with Gasteiger partial charge in [0.15, 0.2) is 0 Å². The van der Waals surface area contributed by atoms with Crippen molar-refractivity contribution in [3.63, 3.8) is 0 Å². The summed E-state index contributed by atoms with van der Waals surface area (Å²) < 4.78 is 0. The van der Waals surface area contributed by atoms with Gasteiger partial charge in [-0.05, 0) is 39.5 Å². The molecule has 1 N–H and O–H groups in total. The van der Waals surface area contributed by atoms with Gasteiger partial charge < -0.3 is 5.11 Å². The minimum Gasteiger partial charge on any atom is -0.393 e. The fourth-order valence-electron chi connectivity index (χ4n) is 1.42. The van der Waals surface area contributed by atoms with Gasteiger partial charge in [-0.2, -0.15) is 0 Å². The Balaban J connectivity index is 4.15. The predicted octanol–water partition coefficient (Wildman–Crippen LogP) is 3.22. The summed E-state index contributed by atoms with van der Waals surface area (Å²) in [5, 5.41) is 9.30. The van der Waals surface area contributed by atoms with Crippen LogP contribution in [0, 0.1) is 22.7 Å². The minimum absolute atomic E-state index is 0.0842. The Labute approximate surface area is 88.9 Å². The van der Waals surface area contributed by atoms with Gasteiger partial charge in [0.05, 0.1) is 6.10 Å². The molecule has 0 aliphatic heterocycles. The zero-order valence-corrected chi connectivity index (χ0v) is 10.4. The van der Waals surface area contributed by atoms with Crippen molar-refractivity contribution in [1.29, 1.82) is 0 Å². The Hall–Kier alpha value is -0.480. The molecule has 0 saturated carbocycles. The van der Waals surface area contributed by atoms with Crippen LogP contribution < -0.4 is 0 Å². The fraction of sp³-hybridized carbons (Fsp3) is 0.846. The van der Waals surface area contributed by atoms with Crippen LogP contribution in [0.1, 0.15) is 54.4 Å². The summed E-state index contributed by atoms with van der Waals surface area (Å²) in [5.41, 5.74) is 0.202. The van der Waals surface area contributed by atoms with Crippen molar-refractivity contribution < 1.29 is 5.11 Å². The van der Waals surface area contributed by atoms with Crippen LogP contribution >= 0.6 is 0 Å². The molecule has 1 nitrogen and oxygen atoms in total. The summed E-state index contributed by atoms with van der Waals surface area (Å²) in [7, 11) is 0. The quantitative estimate of drug-likeness (QED) is 0.687. The molecule has 0 bridgehead atoms. The maximum Gasteiger partial charge on any atom is 0.0517 e. The molecule has 14 heavy (non-hydrogen) atoms. The van der Waals surface area contributed by atoms with Gasteiger partial charge in [-0.3, -0.25) is 0 Å². The fourth-order valence-corrected chi connectivity index (χ4v) is 1.42. The molecule has 1 unspecified atom stereocenters. The second kappa shape index (κ2) is 4.84. The first kappa shape index (κ1) is 13.5. The predicted molar refractivity (Wildman–Crippen MR) is 61.9 cm³/mol. The molecule has 0 spiro atoms. The maximum atomic E-state index is 9.30. The standard InChI is InChI=1S/C13H24O/c1-11(14)10-13(5,6)9-7-8-12(2,3)4/h11,14H,9-10H2,1-6H3. The molecular formula is C13H24O. The second-order valence-electron chi connectivity index (χ2n) is 5.95. The third-order valence-electron chi connectivity index (χ3n) is 1.88. The Morgan fingerprint density at radius 1 is 1.14 bits per heavy atom. The normalized spacial score (nSPS) is 14.5. The van der Waals surface area contributed by atoms with Gasteiger partial charge in [0.25, 0.3) is 0 Å². The van der Waals surface area contributed by atoms with E-state index in [1.807, 2.05) is 6.92 Å². The van der Waals surface area contributed by atoms with E-state index in [9.17, 15) is 5.11 Å². The third kappa shape index (κ3) is 8.13. The van der Waals surface area contributed by atoms with Gasteiger partial charge in [-0.15, -0.1) is 5.92 Å². The smallest absolute Gasteiger partial charge is 0.0517 e. The Kier molecular flexibility index (Phi) is 4.68. The number of rotatable bonds is 3. The molecule has 1 heteroatoms. The lowest BCUT2D eigenvalue weighted by molar-refractivity contribution is 0.132. The zero-order chi connectivity index (χ0) is 11.4. The third-order valence-corrected chi connectivity index (χ3v) is 1.88. The topological polar surface area (TPSA) is 20.2 Å². The Morgan fingerprint density at radius 2 is 1.64 bits per heavy atom. The first-order valence-corrected chi connectivity index (χ1v) is 5.30. The van der Waals surface area contributed by atoms with E-state index in [0.717, 1.165) is 12.8 Å². The summed E-state index contributed by atoms with van der Waals surface area (Å²) in [6, 6.07) is 0. The monoisotopic (exact) mass is 196 g/mol. The lowest BCUT2D eigenvalue weighted by atomic mass is 9.83. The highest BCUT2D eigenvalue weighted by Gasteiger charge is 2.19. The van der Waals surface area contributed by atoms with Crippen LogP contribution in [0.25, 0.3) is 0 Å². The summed E-state index contributed by atoms with van der Waals surface area (Å²) in [6.45, 7) is 12.5. The van der Waals surface area contributed by atoms with Gasteiger partial charge in [0.2, 0.25) is 0 Å². The van der Waals surface area contributed by atoms with Crippen LogP contribution in [-0.2, 0) is 0 Å². The van der Waals surface area contributed by atoms with Crippen molar-refractivity contribution in [3.05, 3.63) is 0 Å². The van der Waals surface area contributed by atoms with Crippen molar-refractivity contribution in [2.24, 2.45) is 10.8 Å². The largest absolute Gasteiger partial charge is 0.393 e. The average molecular weight is 196 g/mol. The van der Waals surface area contributed by atoms with E-state index in [-0.39, 0.29) is 16.9 Å². The number of hydrogen-bond donors (Lipinski definition) is 1. The molecule has 0 heterocycles. The van der Waals surface area contributed by atoms with E-state index in [2.05, 4.69) is 46.5 Å².